The zero-order valence-electron chi connectivity index (χ0n) is 15.7. The van der Waals surface area contributed by atoms with Gasteiger partial charge in [0, 0.05) is 22.8 Å². The van der Waals surface area contributed by atoms with Crippen molar-refractivity contribution in [2.45, 2.75) is 18.6 Å². The van der Waals surface area contributed by atoms with Gasteiger partial charge in [-0.25, -0.2) is 0 Å². The number of rotatable bonds is 3. The predicted molar refractivity (Wildman–Crippen MR) is 97.1 cm³/mol. The molecule has 1 fully saturated rings. The molecular formula is C21H18O7. The molecule has 0 amide bonds. The Morgan fingerprint density at radius 2 is 1.71 bits per heavy atom. The van der Waals surface area contributed by atoms with Crippen LogP contribution in [0.1, 0.15) is 49.7 Å². The maximum Gasteiger partial charge on any atom is 0.207 e. The third kappa shape index (κ3) is 2.08. The van der Waals surface area contributed by atoms with E-state index < -0.39 is 6.29 Å². The Labute approximate surface area is 161 Å². The highest BCUT2D eigenvalue weighted by Gasteiger charge is 2.46. The Bertz CT molecular complexity index is 1040. The van der Waals surface area contributed by atoms with Crippen LogP contribution in [0.4, 0.5) is 0 Å². The number of benzene rings is 2. The van der Waals surface area contributed by atoms with Crippen LogP contribution in [0.5, 0.6) is 23.0 Å². The Hall–Kier alpha value is -3.06. The molecule has 0 radical (unpaired) electrons. The number of methoxy groups -OCH3 is 3. The molecule has 5 rings (SSSR count). The number of hydrogen-bond donors (Lipinski definition) is 0. The third-order valence-corrected chi connectivity index (χ3v) is 5.61. The van der Waals surface area contributed by atoms with Crippen molar-refractivity contribution in [2.75, 3.05) is 27.9 Å². The second kappa shape index (κ2) is 5.97. The molecule has 2 unspecified atom stereocenters. The summed E-state index contributed by atoms with van der Waals surface area (Å²) < 4.78 is 27.8. The molecule has 3 aliphatic rings. The summed E-state index contributed by atoms with van der Waals surface area (Å²) >= 11 is 0. The molecular weight excluding hydrogens is 364 g/mol. The van der Waals surface area contributed by atoms with Crippen LogP contribution < -0.4 is 18.9 Å². The molecule has 1 aliphatic carbocycles. The van der Waals surface area contributed by atoms with Crippen molar-refractivity contribution in [3.05, 3.63) is 46.0 Å². The lowest BCUT2D eigenvalue weighted by molar-refractivity contribution is -0.0337. The molecule has 1 saturated heterocycles. The largest absolute Gasteiger partial charge is 0.497 e. The van der Waals surface area contributed by atoms with Crippen LogP contribution in [0, 0.1) is 0 Å². The van der Waals surface area contributed by atoms with Gasteiger partial charge < -0.3 is 23.7 Å². The van der Waals surface area contributed by atoms with Gasteiger partial charge >= 0.3 is 0 Å². The van der Waals surface area contributed by atoms with Gasteiger partial charge in [-0.3, -0.25) is 9.59 Å². The summed E-state index contributed by atoms with van der Waals surface area (Å²) in [4.78, 5) is 26.8. The van der Waals surface area contributed by atoms with Gasteiger partial charge in [0.1, 0.15) is 23.0 Å². The second-order valence-corrected chi connectivity index (χ2v) is 6.91. The average Bonchev–Trinajstić information content (AvgIpc) is 3.30. The molecule has 2 aromatic rings. The number of ether oxygens (including phenoxy) is 5. The van der Waals surface area contributed by atoms with Crippen molar-refractivity contribution in [2.24, 2.45) is 0 Å². The molecule has 2 atom stereocenters. The minimum absolute atomic E-state index is 0.0164. The van der Waals surface area contributed by atoms with E-state index >= 15 is 0 Å². The second-order valence-electron chi connectivity index (χ2n) is 6.91. The van der Waals surface area contributed by atoms with Crippen LogP contribution >= 0.6 is 0 Å². The maximum atomic E-state index is 13.5. The lowest BCUT2D eigenvalue weighted by Gasteiger charge is -2.24. The van der Waals surface area contributed by atoms with Crippen LogP contribution in [0.3, 0.4) is 0 Å². The van der Waals surface area contributed by atoms with E-state index in [0.29, 0.717) is 29.6 Å². The van der Waals surface area contributed by atoms with E-state index in [0.717, 1.165) is 12.0 Å². The lowest BCUT2D eigenvalue weighted by Crippen LogP contribution is -2.23. The normalized spacial score (nSPS) is 21.4. The molecule has 28 heavy (non-hydrogen) atoms. The summed E-state index contributed by atoms with van der Waals surface area (Å²) in [6.45, 7) is 0.582. The predicted octanol–water partition coefficient (Wildman–Crippen LogP) is 2.71. The standard InChI is InChI=1S/C21H18O7/c1-24-9-6-11-15(13(7-9)25-2)19(23)17-12(18(11)22)8-14-16(20(17)26-3)10-4-5-27-21(10)28-14/h6-8,10,21H,4-5H2,1-3H3. The zero-order valence-corrected chi connectivity index (χ0v) is 15.7. The number of hydrogen-bond acceptors (Lipinski definition) is 7. The molecule has 2 aromatic carbocycles. The average molecular weight is 382 g/mol. The van der Waals surface area contributed by atoms with E-state index in [2.05, 4.69) is 0 Å². The molecule has 0 N–H and O–H groups in total. The molecule has 0 aromatic heterocycles. The van der Waals surface area contributed by atoms with E-state index in [-0.39, 0.29) is 39.7 Å². The SMILES string of the molecule is COc1cc(OC)c2c(c1)C(=O)c1cc3c(c(OC)c1C2=O)C1CCOC1O3. The fourth-order valence-corrected chi connectivity index (χ4v) is 4.35. The first kappa shape index (κ1) is 17.1. The quantitative estimate of drug-likeness (QED) is 0.689. The van der Waals surface area contributed by atoms with Crippen molar-refractivity contribution in [1.82, 2.24) is 0 Å². The molecule has 0 saturated carbocycles. The van der Waals surface area contributed by atoms with Crippen LogP contribution in [0.2, 0.25) is 0 Å². The smallest absolute Gasteiger partial charge is 0.207 e. The van der Waals surface area contributed by atoms with Gasteiger partial charge in [0.05, 0.1) is 45.0 Å². The number of ketones is 2. The van der Waals surface area contributed by atoms with Gasteiger partial charge in [0.2, 0.25) is 12.1 Å². The van der Waals surface area contributed by atoms with Gasteiger partial charge in [-0.2, -0.15) is 0 Å². The van der Waals surface area contributed by atoms with Gasteiger partial charge in [-0.05, 0) is 18.6 Å². The van der Waals surface area contributed by atoms with Crippen molar-refractivity contribution in [3.63, 3.8) is 0 Å². The van der Waals surface area contributed by atoms with E-state index in [4.69, 9.17) is 23.7 Å². The van der Waals surface area contributed by atoms with Crippen LogP contribution in [-0.4, -0.2) is 45.8 Å². The van der Waals surface area contributed by atoms with Crippen LogP contribution in [0.15, 0.2) is 18.2 Å². The number of carbonyl (C=O) groups is 2. The topological polar surface area (TPSA) is 80.3 Å². The lowest BCUT2D eigenvalue weighted by atomic mass is 9.80. The molecule has 2 aliphatic heterocycles. The number of carbonyl (C=O) groups excluding carboxylic acids is 2. The maximum absolute atomic E-state index is 13.5. The molecule has 0 spiro atoms. The van der Waals surface area contributed by atoms with Gasteiger partial charge in [0.15, 0.2) is 5.78 Å². The Morgan fingerprint density at radius 3 is 2.43 bits per heavy atom. The van der Waals surface area contributed by atoms with Crippen molar-refractivity contribution in [1.29, 1.82) is 0 Å². The van der Waals surface area contributed by atoms with Crippen LogP contribution in [-0.2, 0) is 4.74 Å². The molecule has 144 valence electrons. The Morgan fingerprint density at radius 1 is 0.929 bits per heavy atom. The summed E-state index contributed by atoms with van der Waals surface area (Å²) in [6.07, 6.45) is 0.362. The van der Waals surface area contributed by atoms with E-state index in [9.17, 15) is 9.59 Å². The van der Waals surface area contributed by atoms with E-state index in [1.54, 1.807) is 18.2 Å². The highest BCUT2D eigenvalue weighted by molar-refractivity contribution is 6.30. The first-order valence-corrected chi connectivity index (χ1v) is 8.97. The van der Waals surface area contributed by atoms with E-state index in [1.165, 1.54) is 21.3 Å². The highest BCUT2D eigenvalue weighted by atomic mass is 16.7. The summed E-state index contributed by atoms with van der Waals surface area (Å²) in [6, 6.07) is 4.78. The third-order valence-electron chi connectivity index (χ3n) is 5.61. The van der Waals surface area contributed by atoms with E-state index in [1.807, 2.05) is 0 Å². The van der Waals surface area contributed by atoms with Gasteiger partial charge in [-0.1, -0.05) is 0 Å². The fourth-order valence-electron chi connectivity index (χ4n) is 4.35. The van der Waals surface area contributed by atoms with Crippen molar-refractivity contribution >= 4 is 11.6 Å². The van der Waals surface area contributed by atoms with Gasteiger partial charge in [-0.15, -0.1) is 0 Å². The molecule has 7 nitrogen and oxygen atoms in total. The molecule has 7 heteroatoms. The summed E-state index contributed by atoms with van der Waals surface area (Å²) in [7, 11) is 4.45. The van der Waals surface area contributed by atoms with Crippen molar-refractivity contribution in [3.8, 4) is 23.0 Å². The van der Waals surface area contributed by atoms with Gasteiger partial charge in [0.25, 0.3) is 0 Å². The number of fused-ring (bicyclic) bond motifs is 5. The summed E-state index contributed by atoms with van der Waals surface area (Å²) in [5.41, 5.74) is 1.75. The first-order valence-electron chi connectivity index (χ1n) is 8.97. The minimum atomic E-state index is -0.407. The zero-order chi connectivity index (χ0) is 19.6. The van der Waals surface area contributed by atoms with Crippen molar-refractivity contribution < 1.29 is 33.3 Å². The molecule has 0 bridgehead atoms. The fraction of sp³-hybridized carbons (Fsp3) is 0.333. The Kier molecular flexibility index (Phi) is 3.64. The minimum Gasteiger partial charge on any atom is -0.497 e. The summed E-state index contributed by atoms with van der Waals surface area (Å²) in [5.74, 6) is 1.01. The summed E-state index contributed by atoms with van der Waals surface area (Å²) in [5, 5.41) is 0. The Balaban J connectivity index is 1.78. The molecule has 2 heterocycles. The highest BCUT2D eigenvalue weighted by Crippen LogP contribution is 2.52. The first-order chi connectivity index (χ1) is 13.6. The van der Waals surface area contributed by atoms with Crippen LogP contribution in [0.25, 0.3) is 0 Å². The monoisotopic (exact) mass is 382 g/mol.